The van der Waals surface area contributed by atoms with Crippen molar-refractivity contribution in [1.82, 2.24) is 0 Å². The number of hydrogen-bond acceptors (Lipinski definition) is 4. The van der Waals surface area contributed by atoms with Crippen molar-refractivity contribution in [3.63, 3.8) is 0 Å². The quantitative estimate of drug-likeness (QED) is 0.333. The molecule has 0 aliphatic heterocycles. The van der Waals surface area contributed by atoms with Crippen LogP contribution in [0.3, 0.4) is 0 Å². The van der Waals surface area contributed by atoms with Gasteiger partial charge in [0, 0.05) is 12.1 Å². The average Bonchev–Trinajstić information content (AvgIpc) is 2.80. The van der Waals surface area contributed by atoms with Crippen LogP contribution in [0.4, 0.5) is 5.69 Å². The molecular formula is C26H29NO5S. The van der Waals surface area contributed by atoms with Crippen LogP contribution in [0.1, 0.15) is 36.8 Å². The van der Waals surface area contributed by atoms with Gasteiger partial charge < -0.3 is 9.84 Å². The lowest BCUT2D eigenvalue weighted by atomic mass is 10.1. The van der Waals surface area contributed by atoms with Crippen LogP contribution in [0.5, 0.6) is 5.75 Å². The zero-order valence-corrected chi connectivity index (χ0v) is 19.3. The molecule has 0 spiro atoms. The first-order valence-corrected chi connectivity index (χ1v) is 12.5. The third-order valence-corrected chi connectivity index (χ3v) is 6.56. The molecule has 0 heterocycles. The first kappa shape index (κ1) is 24.3. The van der Waals surface area contributed by atoms with E-state index in [4.69, 9.17) is 9.84 Å². The van der Waals surface area contributed by atoms with Gasteiger partial charge in [0.05, 0.1) is 11.5 Å². The minimum absolute atomic E-state index is 0.148. The van der Waals surface area contributed by atoms with Gasteiger partial charge in [-0.2, -0.15) is 0 Å². The summed E-state index contributed by atoms with van der Waals surface area (Å²) in [4.78, 5) is 11.0. The number of nitrogens with one attached hydrogen (secondary N) is 1. The fraction of sp³-hybridized carbons (Fsp3) is 0.269. The fourth-order valence-corrected chi connectivity index (χ4v) is 4.57. The number of benzene rings is 3. The monoisotopic (exact) mass is 467 g/mol. The van der Waals surface area contributed by atoms with Gasteiger partial charge in [-0.15, -0.1) is 0 Å². The Bertz CT molecular complexity index is 1150. The average molecular weight is 468 g/mol. The predicted molar refractivity (Wildman–Crippen MR) is 129 cm³/mol. The molecule has 33 heavy (non-hydrogen) atoms. The Labute approximate surface area is 195 Å². The van der Waals surface area contributed by atoms with Crippen molar-refractivity contribution in [1.29, 1.82) is 0 Å². The van der Waals surface area contributed by atoms with Crippen molar-refractivity contribution < 1.29 is 23.1 Å². The van der Waals surface area contributed by atoms with E-state index in [1.54, 1.807) is 36.4 Å². The van der Waals surface area contributed by atoms with Crippen LogP contribution in [-0.2, 0) is 27.7 Å². The fourth-order valence-electron chi connectivity index (χ4n) is 3.50. The minimum Gasteiger partial charge on any atom is -0.493 e. The zero-order chi connectivity index (χ0) is 23.5. The molecule has 0 saturated heterocycles. The van der Waals surface area contributed by atoms with Gasteiger partial charge in [-0.3, -0.25) is 9.52 Å². The topological polar surface area (TPSA) is 92.7 Å². The molecule has 2 N–H and O–H groups in total. The van der Waals surface area contributed by atoms with Gasteiger partial charge in [-0.05, 0) is 73.6 Å². The van der Waals surface area contributed by atoms with Gasteiger partial charge in [0.1, 0.15) is 5.75 Å². The molecule has 3 aromatic carbocycles. The van der Waals surface area contributed by atoms with Gasteiger partial charge in [-0.25, -0.2) is 8.42 Å². The van der Waals surface area contributed by atoms with E-state index in [0.717, 1.165) is 36.1 Å². The molecule has 0 saturated carbocycles. The van der Waals surface area contributed by atoms with Crippen LogP contribution in [0.25, 0.3) is 0 Å². The Morgan fingerprint density at radius 1 is 0.848 bits per heavy atom. The molecule has 7 heteroatoms. The molecule has 6 nitrogen and oxygen atoms in total. The number of carbonyl (C=O) groups is 1. The lowest BCUT2D eigenvalue weighted by Gasteiger charge is -2.12. The number of para-hydroxylation sites is 1. The Hall–Kier alpha value is -3.32. The highest BCUT2D eigenvalue weighted by molar-refractivity contribution is 7.92. The van der Waals surface area contributed by atoms with Crippen LogP contribution < -0.4 is 9.46 Å². The number of sulfonamides is 1. The summed E-state index contributed by atoms with van der Waals surface area (Å²) in [5.74, 6) is 0.0190. The van der Waals surface area contributed by atoms with E-state index >= 15 is 0 Å². The molecule has 174 valence electrons. The van der Waals surface area contributed by atoms with E-state index in [2.05, 4.69) is 4.72 Å². The molecule has 0 aliphatic carbocycles. The second-order valence-corrected chi connectivity index (χ2v) is 9.46. The number of hydrogen-bond donors (Lipinski definition) is 2. The SMILES string of the molecule is O=C(O)CCCc1ccccc1OCCCCc1cccc(NS(=O)(=O)c2ccccc2)c1. The number of aliphatic carboxylic acids is 1. The standard InChI is InChI=1S/C26H29NO5S/c28-26(29)18-9-13-22-12-4-5-17-25(22)32-19-7-6-10-21-11-8-14-23(20-21)27-33(30,31)24-15-2-1-3-16-24/h1-5,8,11-12,14-17,20,27H,6-7,9-10,13,18-19H2,(H,28,29). The maximum absolute atomic E-state index is 12.5. The Kier molecular flexibility index (Phi) is 8.89. The summed E-state index contributed by atoms with van der Waals surface area (Å²) >= 11 is 0. The normalized spacial score (nSPS) is 11.2. The highest BCUT2D eigenvalue weighted by Crippen LogP contribution is 2.21. The van der Waals surface area contributed by atoms with E-state index in [-0.39, 0.29) is 11.3 Å². The Morgan fingerprint density at radius 2 is 1.61 bits per heavy atom. The van der Waals surface area contributed by atoms with Crippen molar-refractivity contribution in [2.45, 2.75) is 43.4 Å². The van der Waals surface area contributed by atoms with E-state index in [1.165, 1.54) is 0 Å². The van der Waals surface area contributed by atoms with Gasteiger partial charge in [0.25, 0.3) is 10.0 Å². The molecule has 0 unspecified atom stereocenters. The van der Waals surface area contributed by atoms with Gasteiger partial charge in [0.15, 0.2) is 0 Å². The number of carboxylic acids is 1. The molecule has 3 rings (SSSR count). The first-order chi connectivity index (χ1) is 15.9. The van der Waals surface area contributed by atoms with Crippen molar-refractivity contribution in [3.8, 4) is 5.75 Å². The van der Waals surface area contributed by atoms with Gasteiger partial charge >= 0.3 is 5.97 Å². The molecular weight excluding hydrogens is 438 g/mol. The summed E-state index contributed by atoms with van der Waals surface area (Å²) in [7, 11) is -3.61. The van der Waals surface area contributed by atoms with Crippen LogP contribution in [0, 0.1) is 0 Å². The minimum atomic E-state index is -3.61. The lowest BCUT2D eigenvalue weighted by molar-refractivity contribution is -0.137. The third-order valence-electron chi connectivity index (χ3n) is 5.16. The van der Waals surface area contributed by atoms with Crippen molar-refractivity contribution in [2.24, 2.45) is 0 Å². The molecule has 0 radical (unpaired) electrons. The number of ether oxygens (including phenoxy) is 1. The molecule has 0 fully saturated rings. The van der Waals surface area contributed by atoms with Crippen molar-refractivity contribution in [3.05, 3.63) is 90.0 Å². The van der Waals surface area contributed by atoms with Crippen LogP contribution in [0.15, 0.2) is 83.8 Å². The smallest absolute Gasteiger partial charge is 0.303 e. The summed E-state index contributed by atoms with van der Waals surface area (Å²) in [6.45, 7) is 0.566. The summed E-state index contributed by atoms with van der Waals surface area (Å²) in [5.41, 5.74) is 2.62. The van der Waals surface area contributed by atoms with E-state index < -0.39 is 16.0 Å². The summed E-state index contributed by atoms with van der Waals surface area (Å²) in [6.07, 6.45) is 3.97. The second kappa shape index (κ2) is 12.1. The Morgan fingerprint density at radius 3 is 2.39 bits per heavy atom. The first-order valence-electron chi connectivity index (χ1n) is 11.0. The zero-order valence-electron chi connectivity index (χ0n) is 18.4. The summed E-state index contributed by atoms with van der Waals surface area (Å²) < 4.78 is 33.6. The summed E-state index contributed by atoms with van der Waals surface area (Å²) in [6, 6.07) is 23.5. The van der Waals surface area contributed by atoms with E-state index in [9.17, 15) is 13.2 Å². The molecule has 0 aliphatic rings. The molecule has 0 amide bonds. The largest absolute Gasteiger partial charge is 0.493 e. The van der Waals surface area contributed by atoms with Crippen molar-refractivity contribution in [2.75, 3.05) is 11.3 Å². The van der Waals surface area contributed by atoms with Crippen LogP contribution in [0.2, 0.25) is 0 Å². The van der Waals surface area contributed by atoms with Gasteiger partial charge in [-0.1, -0.05) is 48.5 Å². The number of aryl methyl sites for hydroxylation is 2. The molecule has 3 aromatic rings. The maximum atomic E-state index is 12.5. The summed E-state index contributed by atoms with van der Waals surface area (Å²) in [5, 5.41) is 8.82. The number of anilines is 1. The van der Waals surface area contributed by atoms with Crippen LogP contribution in [-0.4, -0.2) is 26.1 Å². The van der Waals surface area contributed by atoms with Crippen LogP contribution >= 0.6 is 0 Å². The number of carboxylic acid groups (broad SMARTS) is 1. The second-order valence-electron chi connectivity index (χ2n) is 7.78. The third kappa shape index (κ3) is 7.95. The number of rotatable bonds is 13. The molecule has 0 aromatic heterocycles. The maximum Gasteiger partial charge on any atom is 0.303 e. The van der Waals surface area contributed by atoms with Gasteiger partial charge in [0.2, 0.25) is 0 Å². The van der Waals surface area contributed by atoms with Crippen molar-refractivity contribution >= 4 is 21.7 Å². The highest BCUT2D eigenvalue weighted by atomic mass is 32.2. The Balaban J connectivity index is 1.46. The molecule has 0 bridgehead atoms. The predicted octanol–water partition coefficient (Wildman–Crippen LogP) is 5.30. The number of unbranched alkanes of at least 4 members (excludes halogenated alkanes) is 1. The van der Waals surface area contributed by atoms with E-state index in [0.29, 0.717) is 25.1 Å². The van der Waals surface area contributed by atoms with E-state index in [1.807, 2.05) is 42.5 Å². The highest BCUT2D eigenvalue weighted by Gasteiger charge is 2.13. The lowest BCUT2D eigenvalue weighted by Crippen LogP contribution is -2.12. The molecule has 0 atom stereocenters.